The first-order valence-electron chi connectivity index (χ1n) is 24.2. The molecule has 0 aliphatic heterocycles. The SMILES string of the molecule is CCC/C=C\CCCCCCCC(=O)OC(COC(=O)CCCCCCCCCC)COC(=O)CCCCCCCCCCCCCCCCCCCCC. The van der Waals surface area contributed by atoms with Gasteiger partial charge in [-0.15, -0.1) is 0 Å². The molecule has 0 fully saturated rings. The van der Waals surface area contributed by atoms with Crippen LogP contribution in [0.1, 0.15) is 265 Å². The van der Waals surface area contributed by atoms with Gasteiger partial charge in [-0.1, -0.05) is 219 Å². The third-order valence-electron chi connectivity index (χ3n) is 10.8. The van der Waals surface area contributed by atoms with E-state index in [0.717, 1.165) is 70.6 Å². The monoisotopic (exact) mass is 777 g/mol. The Balaban J connectivity index is 4.18. The molecule has 0 saturated carbocycles. The second-order valence-electron chi connectivity index (χ2n) is 16.4. The Morgan fingerprint density at radius 3 is 0.982 bits per heavy atom. The Morgan fingerprint density at radius 1 is 0.345 bits per heavy atom. The lowest BCUT2D eigenvalue weighted by molar-refractivity contribution is -0.167. The van der Waals surface area contributed by atoms with Gasteiger partial charge in [0, 0.05) is 19.3 Å². The molecule has 324 valence electrons. The van der Waals surface area contributed by atoms with E-state index in [4.69, 9.17) is 14.2 Å². The van der Waals surface area contributed by atoms with E-state index in [-0.39, 0.29) is 31.1 Å². The fourth-order valence-corrected chi connectivity index (χ4v) is 7.09. The third-order valence-corrected chi connectivity index (χ3v) is 10.8. The van der Waals surface area contributed by atoms with Crippen LogP contribution in [0.2, 0.25) is 0 Å². The van der Waals surface area contributed by atoms with Gasteiger partial charge >= 0.3 is 17.9 Å². The summed E-state index contributed by atoms with van der Waals surface area (Å²) in [7, 11) is 0. The number of esters is 3. The molecule has 1 unspecified atom stereocenters. The van der Waals surface area contributed by atoms with Gasteiger partial charge in [0.05, 0.1) is 0 Å². The van der Waals surface area contributed by atoms with Crippen LogP contribution >= 0.6 is 0 Å². The summed E-state index contributed by atoms with van der Waals surface area (Å²) in [6, 6.07) is 0. The van der Waals surface area contributed by atoms with Crippen LogP contribution in [0, 0.1) is 0 Å². The van der Waals surface area contributed by atoms with Gasteiger partial charge in [0.1, 0.15) is 13.2 Å². The molecule has 6 heteroatoms. The van der Waals surface area contributed by atoms with Crippen molar-refractivity contribution in [3.05, 3.63) is 12.2 Å². The molecule has 0 aromatic rings. The first-order valence-corrected chi connectivity index (χ1v) is 24.2. The summed E-state index contributed by atoms with van der Waals surface area (Å²) in [6.45, 7) is 6.56. The van der Waals surface area contributed by atoms with E-state index >= 15 is 0 Å². The minimum atomic E-state index is -0.765. The van der Waals surface area contributed by atoms with Gasteiger partial charge in [0.15, 0.2) is 6.10 Å². The number of carbonyl (C=O) groups excluding carboxylic acids is 3. The van der Waals surface area contributed by atoms with E-state index in [1.165, 1.54) is 154 Å². The maximum absolute atomic E-state index is 12.7. The van der Waals surface area contributed by atoms with E-state index in [1.54, 1.807) is 0 Å². The third kappa shape index (κ3) is 43.1. The highest BCUT2D eigenvalue weighted by Gasteiger charge is 2.19. The zero-order valence-corrected chi connectivity index (χ0v) is 37.0. The van der Waals surface area contributed by atoms with E-state index in [2.05, 4.69) is 32.9 Å². The Hall–Kier alpha value is -1.85. The normalized spacial score (nSPS) is 12.0. The van der Waals surface area contributed by atoms with Crippen LogP contribution in [0.15, 0.2) is 12.2 Å². The van der Waals surface area contributed by atoms with Crippen molar-refractivity contribution in [1.82, 2.24) is 0 Å². The summed E-state index contributed by atoms with van der Waals surface area (Å²) < 4.78 is 16.7. The second-order valence-corrected chi connectivity index (χ2v) is 16.4. The lowest BCUT2D eigenvalue weighted by Crippen LogP contribution is -2.30. The molecule has 0 amide bonds. The molecule has 6 nitrogen and oxygen atoms in total. The zero-order chi connectivity index (χ0) is 40.1. The second kappa shape index (κ2) is 44.9. The quantitative estimate of drug-likeness (QED) is 0.0265. The predicted molar refractivity (Wildman–Crippen MR) is 233 cm³/mol. The number of unbranched alkanes of at least 4 members (excludes halogenated alkanes) is 31. The van der Waals surface area contributed by atoms with Gasteiger partial charge in [-0.05, 0) is 38.5 Å². The molecule has 0 aliphatic rings. The zero-order valence-electron chi connectivity index (χ0n) is 37.0. The number of ether oxygens (including phenoxy) is 3. The van der Waals surface area contributed by atoms with Crippen LogP contribution < -0.4 is 0 Å². The Kier molecular flexibility index (Phi) is 43.4. The smallest absolute Gasteiger partial charge is 0.306 e. The molecule has 0 spiro atoms. The highest BCUT2D eigenvalue weighted by Crippen LogP contribution is 2.16. The summed E-state index contributed by atoms with van der Waals surface area (Å²) in [5.74, 6) is -0.874. The van der Waals surface area contributed by atoms with Crippen LogP contribution in [-0.4, -0.2) is 37.2 Å². The van der Waals surface area contributed by atoms with Crippen molar-refractivity contribution in [2.24, 2.45) is 0 Å². The van der Waals surface area contributed by atoms with Gasteiger partial charge in [0.2, 0.25) is 0 Å². The van der Waals surface area contributed by atoms with Crippen LogP contribution in [0.3, 0.4) is 0 Å². The van der Waals surface area contributed by atoms with Crippen molar-refractivity contribution in [3.8, 4) is 0 Å². The average molecular weight is 777 g/mol. The molecule has 1 atom stereocenters. The Bertz CT molecular complexity index is 854. The maximum Gasteiger partial charge on any atom is 0.306 e. The first-order chi connectivity index (χ1) is 27.0. The van der Waals surface area contributed by atoms with E-state index in [0.29, 0.717) is 19.3 Å². The van der Waals surface area contributed by atoms with Crippen molar-refractivity contribution in [1.29, 1.82) is 0 Å². The number of allylic oxidation sites excluding steroid dienone is 2. The number of rotatable bonds is 44. The van der Waals surface area contributed by atoms with Crippen molar-refractivity contribution in [2.45, 2.75) is 271 Å². The molecule has 0 aliphatic carbocycles. The van der Waals surface area contributed by atoms with Gasteiger partial charge in [0.25, 0.3) is 0 Å². The Labute approximate surface area is 341 Å². The molecular weight excluding hydrogens is 685 g/mol. The van der Waals surface area contributed by atoms with Gasteiger partial charge < -0.3 is 14.2 Å². The summed E-state index contributed by atoms with van der Waals surface area (Å²) >= 11 is 0. The van der Waals surface area contributed by atoms with Crippen LogP contribution in [0.4, 0.5) is 0 Å². The van der Waals surface area contributed by atoms with Crippen LogP contribution in [0.25, 0.3) is 0 Å². The van der Waals surface area contributed by atoms with E-state index in [1.807, 2.05) is 0 Å². The molecular formula is C49H92O6. The summed E-state index contributed by atoms with van der Waals surface area (Å²) in [4.78, 5) is 37.6. The minimum Gasteiger partial charge on any atom is -0.462 e. The van der Waals surface area contributed by atoms with Crippen molar-refractivity contribution in [3.63, 3.8) is 0 Å². The minimum absolute atomic E-state index is 0.0692. The van der Waals surface area contributed by atoms with Gasteiger partial charge in [-0.25, -0.2) is 0 Å². The topological polar surface area (TPSA) is 78.9 Å². The predicted octanol–water partition coefficient (Wildman–Crippen LogP) is 15.4. The molecule has 0 saturated heterocycles. The van der Waals surface area contributed by atoms with Crippen LogP contribution in [0.5, 0.6) is 0 Å². The molecule has 0 aromatic carbocycles. The summed E-state index contributed by atoms with van der Waals surface area (Å²) in [6.07, 6.45) is 47.8. The highest BCUT2D eigenvalue weighted by molar-refractivity contribution is 5.71. The first kappa shape index (κ1) is 53.1. The summed E-state index contributed by atoms with van der Waals surface area (Å²) in [5, 5.41) is 0. The van der Waals surface area contributed by atoms with E-state index in [9.17, 15) is 14.4 Å². The molecule has 55 heavy (non-hydrogen) atoms. The highest BCUT2D eigenvalue weighted by atomic mass is 16.6. The molecule has 0 rings (SSSR count). The maximum atomic E-state index is 12.7. The van der Waals surface area contributed by atoms with Gasteiger partial charge in [-0.3, -0.25) is 14.4 Å². The van der Waals surface area contributed by atoms with Crippen molar-refractivity contribution in [2.75, 3.05) is 13.2 Å². The van der Waals surface area contributed by atoms with Crippen LogP contribution in [-0.2, 0) is 28.6 Å². The molecule has 0 N–H and O–H groups in total. The van der Waals surface area contributed by atoms with Crippen molar-refractivity contribution < 1.29 is 28.6 Å². The Morgan fingerprint density at radius 2 is 0.636 bits per heavy atom. The number of hydrogen-bond donors (Lipinski definition) is 0. The largest absolute Gasteiger partial charge is 0.462 e. The molecule has 0 aromatic heterocycles. The standard InChI is InChI=1S/C49H92O6/c1-4-7-10-13-16-19-21-22-23-24-25-26-27-28-29-31-33-36-39-42-48(51)54-45-46(44-53-47(50)41-38-35-32-18-15-12-9-6-3)55-49(52)43-40-37-34-30-20-17-14-11-8-5-2/h11,14,46H,4-10,12-13,15-45H2,1-3H3/b14-11-. The number of carbonyl (C=O) groups is 3. The molecule has 0 bridgehead atoms. The molecule has 0 heterocycles. The summed E-state index contributed by atoms with van der Waals surface area (Å²) in [5.41, 5.74) is 0. The fraction of sp³-hybridized carbons (Fsp3) is 0.898. The lowest BCUT2D eigenvalue weighted by atomic mass is 10.0. The lowest BCUT2D eigenvalue weighted by Gasteiger charge is -2.18. The van der Waals surface area contributed by atoms with E-state index < -0.39 is 6.10 Å². The number of hydrogen-bond acceptors (Lipinski definition) is 6. The molecule has 0 radical (unpaired) electrons. The van der Waals surface area contributed by atoms with Crippen molar-refractivity contribution >= 4 is 17.9 Å². The fourth-order valence-electron chi connectivity index (χ4n) is 7.09. The van der Waals surface area contributed by atoms with Gasteiger partial charge in [-0.2, -0.15) is 0 Å². The average Bonchev–Trinajstić information content (AvgIpc) is 3.18.